The molecule has 2 rings (SSSR count). The van der Waals surface area contributed by atoms with E-state index in [9.17, 15) is 19.5 Å². The number of aliphatic carboxylic acids is 1. The molecule has 0 spiro atoms. The fourth-order valence-corrected chi connectivity index (χ4v) is 4.11. The second-order valence-corrected chi connectivity index (χ2v) is 10.5. The second kappa shape index (κ2) is 10.6. The Morgan fingerprint density at radius 2 is 1.88 bits per heavy atom. The van der Waals surface area contributed by atoms with Crippen LogP contribution in [0, 0.1) is 17.3 Å². The van der Waals surface area contributed by atoms with Crippen molar-refractivity contribution in [3.63, 3.8) is 0 Å². The van der Waals surface area contributed by atoms with Crippen molar-refractivity contribution in [2.24, 2.45) is 17.3 Å². The molecule has 2 atom stereocenters. The molecule has 10 heteroatoms. The molecular formula is C24H38N4O6. The molecule has 1 aromatic heterocycles. The highest BCUT2D eigenvalue weighted by Crippen LogP contribution is 2.47. The summed E-state index contributed by atoms with van der Waals surface area (Å²) in [5, 5.41) is 17.1. The average molecular weight is 479 g/mol. The molecule has 1 aliphatic carbocycles. The number of H-pyrrole nitrogens is 1. The van der Waals surface area contributed by atoms with E-state index >= 15 is 0 Å². The van der Waals surface area contributed by atoms with Gasteiger partial charge in [-0.3, -0.25) is 14.7 Å². The zero-order valence-corrected chi connectivity index (χ0v) is 21.5. The highest BCUT2D eigenvalue weighted by molar-refractivity contribution is 5.84. The maximum absolute atomic E-state index is 12.5. The molecule has 34 heavy (non-hydrogen) atoms. The first-order valence-corrected chi connectivity index (χ1v) is 11.3. The fraction of sp³-hybridized carbons (Fsp3) is 0.667. The van der Waals surface area contributed by atoms with Crippen molar-refractivity contribution in [2.45, 2.75) is 53.2 Å². The van der Waals surface area contributed by atoms with E-state index in [0.29, 0.717) is 37.3 Å². The molecule has 1 amide bonds. The number of carboxylic acids is 1. The minimum absolute atomic E-state index is 0.340. The Balaban J connectivity index is 2.16. The third-order valence-corrected chi connectivity index (χ3v) is 6.23. The van der Waals surface area contributed by atoms with Gasteiger partial charge in [0.05, 0.1) is 24.6 Å². The van der Waals surface area contributed by atoms with Crippen LogP contribution in [0.2, 0.25) is 0 Å². The number of rotatable bonds is 8. The number of methoxy groups -OCH3 is 1. The monoisotopic (exact) mass is 478 g/mol. The second-order valence-electron chi connectivity index (χ2n) is 10.5. The van der Waals surface area contributed by atoms with Crippen LogP contribution >= 0.6 is 0 Å². The summed E-state index contributed by atoms with van der Waals surface area (Å²) >= 11 is 0. The summed E-state index contributed by atoms with van der Waals surface area (Å²) in [6.07, 6.45) is 3.44. The van der Waals surface area contributed by atoms with Crippen molar-refractivity contribution in [2.75, 3.05) is 34.3 Å². The molecule has 0 radical (unpaired) electrons. The zero-order chi connectivity index (χ0) is 25.8. The van der Waals surface area contributed by atoms with Crippen LogP contribution in [-0.2, 0) is 25.6 Å². The summed E-state index contributed by atoms with van der Waals surface area (Å²) in [6, 6.07) is 0. The summed E-state index contributed by atoms with van der Waals surface area (Å²) in [7, 11) is 4.93. The average Bonchev–Trinajstić information content (AvgIpc) is 3.17. The summed E-state index contributed by atoms with van der Waals surface area (Å²) in [5.41, 5.74) is 0.866. The smallest absolute Gasteiger partial charge is 0.410 e. The summed E-state index contributed by atoms with van der Waals surface area (Å²) in [6.45, 7) is 10.6. The van der Waals surface area contributed by atoms with Crippen LogP contribution in [-0.4, -0.2) is 83.0 Å². The molecule has 0 bridgehead atoms. The highest BCUT2D eigenvalue weighted by Gasteiger charge is 2.48. The van der Waals surface area contributed by atoms with Crippen LogP contribution in [0.4, 0.5) is 4.79 Å². The van der Waals surface area contributed by atoms with Gasteiger partial charge in [0.25, 0.3) is 0 Å². The lowest BCUT2D eigenvalue weighted by molar-refractivity contribution is -0.155. The number of hydrogen-bond acceptors (Lipinski definition) is 7. The van der Waals surface area contributed by atoms with Gasteiger partial charge in [0, 0.05) is 38.4 Å². The van der Waals surface area contributed by atoms with E-state index in [0.717, 1.165) is 5.56 Å². The zero-order valence-electron chi connectivity index (χ0n) is 21.5. The lowest BCUT2D eigenvalue weighted by atomic mass is 9.63. The van der Waals surface area contributed by atoms with Crippen LogP contribution in [0.1, 0.15) is 52.3 Å². The lowest BCUT2D eigenvalue weighted by Crippen LogP contribution is -2.43. The minimum Gasteiger partial charge on any atom is -0.481 e. The third kappa shape index (κ3) is 6.59. The van der Waals surface area contributed by atoms with Crippen LogP contribution < -0.4 is 0 Å². The maximum Gasteiger partial charge on any atom is 0.410 e. The van der Waals surface area contributed by atoms with Gasteiger partial charge in [0.15, 0.2) is 0 Å². The van der Waals surface area contributed by atoms with Crippen LogP contribution in [0.25, 0.3) is 5.57 Å². The Labute approximate surface area is 201 Å². The number of esters is 1. The van der Waals surface area contributed by atoms with E-state index in [-0.39, 0.29) is 6.09 Å². The number of carbonyl (C=O) groups is 3. The molecule has 0 fully saturated rings. The highest BCUT2D eigenvalue weighted by atomic mass is 16.6. The number of carbonyl (C=O) groups excluding carboxylic acids is 2. The number of amides is 1. The molecule has 0 saturated heterocycles. The van der Waals surface area contributed by atoms with Gasteiger partial charge < -0.3 is 24.4 Å². The molecule has 0 aromatic carbocycles. The Bertz CT molecular complexity index is 930. The van der Waals surface area contributed by atoms with Gasteiger partial charge >= 0.3 is 18.0 Å². The van der Waals surface area contributed by atoms with Gasteiger partial charge in [-0.2, -0.15) is 5.10 Å². The number of aromatic nitrogens is 2. The topological polar surface area (TPSA) is 125 Å². The number of ether oxygens (including phenoxy) is 2. The first-order valence-electron chi connectivity index (χ1n) is 11.3. The summed E-state index contributed by atoms with van der Waals surface area (Å²) in [5.74, 6) is -2.88. The standard InChI is InChI=1S/C24H38N4O6/c1-23(2,3)34-22(32)28(7)10-9-27(6)14-16-13-25-26-19(16)15-11-17(20(29)30)24(4,5)18(12-15)21(31)33-8/h11,13,17-18H,9-10,12,14H2,1-8H3,(H,25,26)(H,29,30). The van der Waals surface area contributed by atoms with Crippen molar-refractivity contribution in [1.82, 2.24) is 20.0 Å². The van der Waals surface area contributed by atoms with E-state index < -0.39 is 34.8 Å². The predicted octanol–water partition coefficient (Wildman–Crippen LogP) is 3.01. The van der Waals surface area contributed by atoms with Crippen molar-refractivity contribution in [1.29, 1.82) is 0 Å². The number of aromatic amines is 1. The number of allylic oxidation sites excluding steroid dienone is 1. The van der Waals surface area contributed by atoms with Gasteiger partial charge in [-0.15, -0.1) is 0 Å². The molecule has 190 valence electrons. The molecule has 1 heterocycles. The van der Waals surface area contributed by atoms with Crippen molar-refractivity contribution in [3.05, 3.63) is 23.5 Å². The van der Waals surface area contributed by atoms with Crippen LogP contribution in [0.5, 0.6) is 0 Å². The summed E-state index contributed by atoms with van der Waals surface area (Å²) < 4.78 is 10.4. The van der Waals surface area contributed by atoms with E-state index in [2.05, 4.69) is 10.2 Å². The molecular weight excluding hydrogens is 440 g/mol. The Morgan fingerprint density at radius 3 is 2.44 bits per heavy atom. The van der Waals surface area contributed by atoms with Crippen molar-refractivity contribution >= 4 is 23.6 Å². The number of hydrogen-bond donors (Lipinski definition) is 2. The molecule has 0 saturated carbocycles. The van der Waals surface area contributed by atoms with E-state index in [4.69, 9.17) is 9.47 Å². The van der Waals surface area contributed by atoms with Crippen LogP contribution in [0.15, 0.2) is 12.3 Å². The van der Waals surface area contributed by atoms with Crippen molar-refractivity contribution in [3.8, 4) is 0 Å². The predicted molar refractivity (Wildman–Crippen MR) is 127 cm³/mol. The van der Waals surface area contributed by atoms with E-state index in [1.165, 1.54) is 12.0 Å². The molecule has 1 aromatic rings. The summed E-state index contributed by atoms with van der Waals surface area (Å²) in [4.78, 5) is 40.3. The third-order valence-electron chi connectivity index (χ3n) is 6.23. The van der Waals surface area contributed by atoms with E-state index in [1.807, 2.05) is 32.7 Å². The first-order chi connectivity index (χ1) is 15.7. The quantitative estimate of drug-likeness (QED) is 0.546. The normalized spacial score (nSPS) is 20.0. The number of nitrogens with one attached hydrogen (secondary N) is 1. The molecule has 2 N–H and O–H groups in total. The number of likely N-dealkylation sites (N-methyl/N-ethyl adjacent to an activating group) is 2. The first kappa shape index (κ1) is 27.4. The minimum atomic E-state index is -0.990. The van der Waals surface area contributed by atoms with Crippen molar-refractivity contribution < 1.29 is 29.0 Å². The lowest BCUT2D eigenvalue weighted by Gasteiger charge is -2.40. The van der Waals surface area contributed by atoms with Gasteiger partial charge in [0.1, 0.15) is 5.60 Å². The van der Waals surface area contributed by atoms with E-state index in [1.54, 1.807) is 33.2 Å². The Hall–Kier alpha value is -2.88. The van der Waals surface area contributed by atoms with Crippen LogP contribution in [0.3, 0.4) is 0 Å². The largest absolute Gasteiger partial charge is 0.481 e. The van der Waals surface area contributed by atoms with Gasteiger partial charge in [-0.25, -0.2) is 4.79 Å². The van der Waals surface area contributed by atoms with Gasteiger partial charge in [0.2, 0.25) is 0 Å². The fourth-order valence-electron chi connectivity index (χ4n) is 4.11. The maximum atomic E-state index is 12.5. The van der Waals surface area contributed by atoms with Gasteiger partial charge in [-0.1, -0.05) is 19.9 Å². The SMILES string of the molecule is COC(=O)C1CC(c2n[nH]cc2CN(C)CCN(C)C(=O)OC(C)(C)C)=CC(C(=O)O)C1(C)C. The molecule has 1 aliphatic rings. The number of carboxylic acid groups (broad SMARTS) is 1. The molecule has 2 unspecified atom stereocenters. The van der Waals surface area contributed by atoms with Gasteiger partial charge in [-0.05, 0) is 45.2 Å². The molecule has 0 aliphatic heterocycles. The molecule has 10 nitrogen and oxygen atoms in total. The number of nitrogens with zero attached hydrogens (tertiary/aromatic N) is 3. The Morgan fingerprint density at radius 1 is 1.24 bits per heavy atom. The Kier molecular flexibility index (Phi) is 8.52.